The van der Waals surface area contributed by atoms with Gasteiger partial charge in [-0.25, -0.2) is 8.78 Å². The van der Waals surface area contributed by atoms with E-state index in [1.54, 1.807) is 0 Å². The lowest BCUT2D eigenvalue weighted by Gasteiger charge is -2.09. The van der Waals surface area contributed by atoms with E-state index >= 15 is 0 Å². The van der Waals surface area contributed by atoms with E-state index in [9.17, 15) is 8.78 Å². The summed E-state index contributed by atoms with van der Waals surface area (Å²) in [6, 6.07) is 16.5. The van der Waals surface area contributed by atoms with Crippen molar-refractivity contribution in [3.8, 4) is 17.1 Å². The lowest BCUT2D eigenvalue weighted by Crippen LogP contribution is -2.19. The van der Waals surface area contributed by atoms with Crippen LogP contribution in [0.3, 0.4) is 0 Å². The highest BCUT2D eigenvalue weighted by Crippen LogP contribution is 2.35. The van der Waals surface area contributed by atoms with Gasteiger partial charge in [0.05, 0.1) is 18.2 Å². The van der Waals surface area contributed by atoms with Crippen LogP contribution >= 0.6 is 0 Å². The first-order valence-electron chi connectivity index (χ1n) is 8.32. The van der Waals surface area contributed by atoms with Gasteiger partial charge in [0.1, 0.15) is 12.4 Å². The normalized spacial score (nSPS) is 18.8. The second-order valence-electron chi connectivity index (χ2n) is 6.22. The van der Waals surface area contributed by atoms with Crippen LogP contribution in [0.15, 0.2) is 59.1 Å². The number of aromatic nitrogens is 2. The van der Waals surface area contributed by atoms with Crippen LogP contribution in [0.4, 0.5) is 8.78 Å². The number of halogens is 2. The molecule has 2 aromatic carbocycles. The van der Waals surface area contributed by atoms with E-state index in [0.717, 1.165) is 5.56 Å². The molecule has 1 N–H and O–H groups in total. The molecule has 0 saturated carbocycles. The van der Waals surface area contributed by atoms with Crippen molar-refractivity contribution >= 4 is 0 Å². The summed E-state index contributed by atoms with van der Waals surface area (Å²) in [7, 11) is 0. The van der Waals surface area contributed by atoms with Crippen LogP contribution in [0.5, 0.6) is 5.75 Å². The molecule has 5 nitrogen and oxygen atoms in total. The van der Waals surface area contributed by atoms with Gasteiger partial charge in [0.15, 0.2) is 0 Å². The number of rotatable bonds is 5. The van der Waals surface area contributed by atoms with Crippen molar-refractivity contribution in [1.29, 1.82) is 0 Å². The fourth-order valence-corrected chi connectivity index (χ4v) is 2.89. The molecular formula is C19H17F2N3O2. The molecule has 1 saturated heterocycles. The lowest BCUT2D eigenvalue weighted by molar-refractivity contribution is 0.0200. The number of nitrogens with zero attached hydrogens (tertiary/aromatic N) is 2. The molecule has 134 valence electrons. The molecule has 1 unspecified atom stereocenters. The molecule has 1 aromatic heterocycles. The van der Waals surface area contributed by atoms with Crippen LogP contribution in [-0.2, 0) is 6.61 Å². The SMILES string of the molecule is FC1(F)CNC(c2nc(-c3ccccc3OCc3ccccc3)no2)C1. The number of para-hydroxylation sites is 1. The Hall–Kier alpha value is -2.80. The predicted molar refractivity (Wildman–Crippen MR) is 90.8 cm³/mol. The summed E-state index contributed by atoms with van der Waals surface area (Å²) in [5, 5.41) is 6.66. The second-order valence-corrected chi connectivity index (χ2v) is 6.22. The van der Waals surface area contributed by atoms with Crippen LogP contribution in [0.2, 0.25) is 0 Å². The average molecular weight is 357 g/mol. The molecule has 0 aliphatic carbocycles. The summed E-state index contributed by atoms with van der Waals surface area (Å²) in [4.78, 5) is 4.29. The number of ether oxygens (including phenoxy) is 1. The molecule has 0 bridgehead atoms. The third-order valence-corrected chi connectivity index (χ3v) is 4.21. The van der Waals surface area contributed by atoms with E-state index < -0.39 is 12.0 Å². The van der Waals surface area contributed by atoms with Crippen LogP contribution in [0.25, 0.3) is 11.4 Å². The minimum Gasteiger partial charge on any atom is -0.488 e. The first kappa shape index (κ1) is 16.7. The highest BCUT2D eigenvalue weighted by Gasteiger charge is 2.42. The minimum absolute atomic E-state index is 0.162. The van der Waals surface area contributed by atoms with Gasteiger partial charge in [0.2, 0.25) is 11.7 Å². The molecule has 0 amide bonds. The molecular weight excluding hydrogens is 340 g/mol. The highest BCUT2D eigenvalue weighted by molar-refractivity contribution is 5.63. The first-order chi connectivity index (χ1) is 12.6. The van der Waals surface area contributed by atoms with Gasteiger partial charge in [0.25, 0.3) is 5.92 Å². The standard InChI is InChI=1S/C19H17F2N3O2/c20-19(21)10-15(22-12-19)18-23-17(24-26-18)14-8-4-5-9-16(14)25-11-13-6-2-1-3-7-13/h1-9,15,22H,10-12H2. The molecule has 2 heterocycles. The third-order valence-electron chi connectivity index (χ3n) is 4.21. The van der Waals surface area contributed by atoms with Crippen LogP contribution < -0.4 is 10.1 Å². The van der Waals surface area contributed by atoms with Gasteiger partial charge in [0, 0.05) is 6.42 Å². The summed E-state index contributed by atoms with van der Waals surface area (Å²) >= 11 is 0. The molecule has 26 heavy (non-hydrogen) atoms. The van der Waals surface area contributed by atoms with E-state index in [1.165, 1.54) is 0 Å². The average Bonchev–Trinajstić information content (AvgIpc) is 3.27. The quantitative estimate of drug-likeness (QED) is 0.748. The van der Waals surface area contributed by atoms with Crippen molar-refractivity contribution in [3.05, 3.63) is 66.1 Å². The van der Waals surface area contributed by atoms with Gasteiger partial charge >= 0.3 is 0 Å². The molecule has 4 rings (SSSR count). The molecule has 1 atom stereocenters. The summed E-state index contributed by atoms with van der Waals surface area (Å²) in [6.07, 6.45) is -0.346. The fraction of sp³-hybridized carbons (Fsp3) is 0.263. The maximum absolute atomic E-state index is 13.4. The highest BCUT2D eigenvalue weighted by atomic mass is 19.3. The van der Waals surface area contributed by atoms with Gasteiger partial charge in [-0.1, -0.05) is 47.6 Å². The van der Waals surface area contributed by atoms with Gasteiger partial charge in [-0.3, -0.25) is 5.32 Å². The molecule has 7 heteroatoms. The Morgan fingerprint density at radius 3 is 2.65 bits per heavy atom. The maximum Gasteiger partial charge on any atom is 0.262 e. The zero-order valence-corrected chi connectivity index (χ0v) is 13.9. The van der Waals surface area contributed by atoms with Gasteiger partial charge in [-0.05, 0) is 17.7 Å². The lowest BCUT2D eigenvalue weighted by atomic mass is 10.1. The summed E-state index contributed by atoms with van der Waals surface area (Å²) < 4.78 is 37.8. The summed E-state index contributed by atoms with van der Waals surface area (Å²) in [5.74, 6) is -1.67. The van der Waals surface area contributed by atoms with Crippen LogP contribution in [0.1, 0.15) is 23.9 Å². The number of hydrogen-bond acceptors (Lipinski definition) is 5. The van der Waals surface area contributed by atoms with Crippen molar-refractivity contribution in [2.75, 3.05) is 6.54 Å². The number of hydrogen-bond donors (Lipinski definition) is 1. The van der Waals surface area contributed by atoms with Gasteiger partial charge in [-0.2, -0.15) is 4.98 Å². The minimum atomic E-state index is -2.75. The van der Waals surface area contributed by atoms with Crippen molar-refractivity contribution < 1.29 is 18.0 Å². The number of alkyl halides is 2. The Bertz CT molecular complexity index is 883. The zero-order valence-electron chi connectivity index (χ0n) is 13.9. The molecule has 0 spiro atoms. The van der Waals surface area contributed by atoms with E-state index in [2.05, 4.69) is 15.5 Å². The predicted octanol–water partition coefficient (Wildman–Crippen LogP) is 3.99. The Morgan fingerprint density at radius 1 is 1.12 bits per heavy atom. The molecule has 1 fully saturated rings. The van der Waals surface area contributed by atoms with E-state index in [4.69, 9.17) is 9.26 Å². The topological polar surface area (TPSA) is 60.2 Å². The summed E-state index contributed by atoms with van der Waals surface area (Å²) in [6.45, 7) is 0.0190. The van der Waals surface area contributed by atoms with E-state index in [1.807, 2.05) is 54.6 Å². The molecule has 1 aliphatic rings. The third kappa shape index (κ3) is 3.57. The van der Waals surface area contributed by atoms with E-state index in [0.29, 0.717) is 23.7 Å². The van der Waals surface area contributed by atoms with Crippen molar-refractivity contribution in [1.82, 2.24) is 15.5 Å². The Balaban J connectivity index is 1.53. The van der Waals surface area contributed by atoms with Crippen molar-refractivity contribution in [2.45, 2.75) is 25.0 Å². The molecule has 0 radical (unpaired) electrons. The monoisotopic (exact) mass is 357 g/mol. The van der Waals surface area contributed by atoms with Crippen molar-refractivity contribution in [2.24, 2.45) is 0 Å². The number of nitrogens with one attached hydrogen (secondary N) is 1. The largest absolute Gasteiger partial charge is 0.488 e. The second kappa shape index (κ2) is 6.84. The smallest absolute Gasteiger partial charge is 0.262 e. The molecule has 1 aliphatic heterocycles. The maximum atomic E-state index is 13.4. The summed E-state index contributed by atoms with van der Waals surface area (Å²) in [5.41, 5.74) is 1.69. The Labute approximate surface area is 149 Å². The van der Waals surface area contributed by atoms with Gasteiger partial charge < -0.3 is 9.26 Å². The number of benzene rings is 2. The van der Waals surface area contributed by atoms with Crippen LogP contribution in [-0.4, -0.2) is 22.6 Å². The first-order valence-corrected chi connectivity index (χ1v) is 8.32. The Kier molecular flexibility index (Phi) is 4.38. The van der Waals surface area contributed by atoms with Crippen LogP contribution in [0, 0.1) is 0 Å². The van der Waals surface area contributed by atoms with Gasteiger partial charge in [-0.15, -0.1) is 0 Å². The fourth-order valence-electron chi connectivity index (χ4n) is 2.89. The molecule has 3 aromatic rings. The Morgan fingerprint density at radius 2 is 1.88 bits per heavy atom. The van der Waals surface area contributed by atoms with E-state index in [-0.39, 0.29) is 18.9 Å². The van der Waals surface area contributed by atoms with Crippen molar-refractivity contribution in [3.63, 3.8) is 0 Å². The zero-order chi connectivity index (χ0) is 18.0.